The highest BCUT2D eigenvalue weighted by Crippen LogP contribution is 2.35. The third-order valence-corrected chi connectivity index (χ3v) is 6.18. The van der Waals surface area contributed by atoms with Crippen LogP contribution in [-0.4, -0.2) is 60.5 Å². The molecule has 0 radical (unpaired) electrons. The first kappa shape index (κ1) is 19.7. The number of hydrogen-bond acceptors (Lipinski definition) is 4. The normalized spacial score (nSPS) is 23.3. The van der Waals surface area contributed by atoms with Gasteiger partial charge < -0.3 is 9.80 Å². The molecule has 2 aliphatic heterocycles. The van der Waals surface area contributed by atoms with Crippen LogP contribution in [0.2, 0.25) is 0 Å². The number of nitrogens with zero attached hydrogens (tertiary/aromatic N) is 4. The quantitative estimate of drug-likeness (QED) is 0.821. The maximum Gasteiger partial charge on any atom is 0.254 e. The molecule has 2 fully saturated rings. The summed E-state index contributed by atoms with van der Waals surface area (Å²) in [5, 5.41) is 9.61. The predicted octanol–water partition coefficient (Wildman–Crippen LogP) is 3.37. The summed E-state index contributed by atoms with van der Waals surface area (Å²) in [5.74, 6) is -0.0227. The Kier molecular flexibility index (Phi) is 5.76. The minimum atomic E-state index is -0.359. The average molecular weight is 369 g/mol. The van der Waals surface area contributed by atoms with E-state index in [1.54, 1.807) is 4.90 Å². The number of carbonyl (C=O) groups is 1. The number of rotatable bonds is 3. The lowest BCUT2D eigenvalue weighted by Gasteiger charge is -2.42. The monoisotopic (exact) mass is 368 g/mol. The van der Waals surface area contributed by atoms with Crippen molar-refractivity contribution >= 4 is 11.6 Å². The van der Waals surface area contributed by atoms with Crippen molar-refractivity contribution in [1.82, 2.24) is 9.80 Å². The van der Waals surface area contributed by atoms with E-state index in [0.29, 0.717) is 18.2 Å². The van der Waals surface area contributed by atoms with Crippen LogP contribution in [-0.2, 0) is 0 Å². The van der Waals surface area contributed by atoms with E-state index in [1.807, 2.05) is 12.1 Å². The summed E-state index contributed by atoms with van der Waals surface area (Å²) < 4.78 is 0. The molecule has 27 heavy (non-hydrogen) atoms. The lowest BCUT2D eigenvalue weighted by Crippen LogP contribution is -2.51. The molecule has 1 aromatic carbocycles. The molecule has 0 aromatic heterocycles. The van der Waals surface area contributed by atoms with E-state index in [4.69, 9.17) is 0 Å². The first-order chi connectivity index (χ1) is 12.8. The summed E-state index contributed by atoms with van der Waals surface area (Å²) in [6.07, 6.45) is 1.94. The highest BCUT2D eigenvalue weighted by atomic mass is 16.2. The van der Waals surface area contributed by atoms with Gasteiger partial charge in [-0.2, -0.15) is 5.26 Å². The Morgan fingerprint density at radius 2 is 1.74 bits per heavy atom. The Bertz CT molecular complexity index is 696. The number of piperidine rings is 1. The molecular weight excluding hydrogens is 336 g/mol. The Labute approximate surface area is 163 Å². The van der Waals surface area contributed by atoms with Crippen LogP contribution in [0.1, 0.15) is 50.9 Å². The van der Waals surface area contributed by atoms with Gasteiger partial charge in [0, 0.05) is 50.0 Å². The molecule has 0 bridgehead atoms. The maximum atomic E-state index is 13.0. The number of anilines is 1. The van der Waals surface area contributed by atoms with Crippen molar-refractivity contribution in [2.24, 2.45) is 5.41 Å². The molecule has 0 aliphatic carbocycles. The van der Waals surface area contributed by atoms with Crippen molar-refractivity contribution in [2.45, 2.75) is 52.6 Å². The number of likely N-dealkylation sites (tertiary alicyclic amines) is 1. The molecule has 0 N–H and O–H groups in total. The van der Waals surface area contributed by atoms with Crippen LogP contribution in [0, 0.1) is 16.7 Å². The van der Waals surface area contributed by atoms with Crippen LogP contribution in [0.4, 0.5) is 5.69 Å². The minimum absolute atomic E-state index is 0.0227. The van der Waals surface area contributed by atoms with Gasteiger partial charge in [-0.05, 0) is 56.4 Å². The third kappa shape index (κ3) is 4.11. The van der Waals surface area contributed by atoms with Gasteiger partial charge in [0.2, 0.25) is 0 Å². The van der Waals surface area contributed by atoms with Gasteiger partial charge in [-0.15, -0.1) is 0 Å². The average Bonchev–Trinajstić information content (AvgIpc) is 2.66. The summed E-state index contributed by atoms with van der Waals surface area (Å²) in [6, 6.07) is 10.5. The van der Waals surface area contributed by atoms with Gasteiger partial charge in [0.25, 0.3) is 5.91 Å². The SMILES string of the molecule is CC(C)N1CCN(c2ccc(C(=O)N3CCCC(C)(C)C3C#N)cc2)CC1. The van der Waals surface area contributed by atoms with Gasteiger partial charge in [-0.1, -0.05) is 13.8 Å². The molecule has 2 saturated heterocycles. The van der Waals surface area contributed by atoms with Crippen LogP contribution >= 0.6 is 0 Å². The van der Waals surface area contributed by atoms with Gasteiger partial charge in [-0.25, -0.2) is 0 Å². The fourth-order valence-corrected chi connectivity index (χ4v) is 4.33. The van der Waals surface area contributed by atoms with Gasteiger partial charge >= 0.3 is 0 Å². The Morgan fingerprint density at radius 1 is 1.11 bits per heavy atom. The van der Waals surface area contributed by atoms with Crippen molar-refractivity contribution in [3.05, 3.63) is 29.8 Å². The largest absolute Gasteiger partial charge is 0.369 e. The summed E-state index contributed by atoms with van der Waals surface area (Å²) in [6.45, 7) is 13.5. The fourth-order valence-electron chi connectivity index (χ4n) is 4.33. The molecule has 0 saturated carbocycles. The van der Waals surface area contributed by atoms with Crippen LogP contribution in [0.5, 0.6) is 0 Å². The molecule has 1 amide bonds. The number of amides is 1. The first-order valence-electron chi connectivity index (χ1n) is 10.1. The highest BCUT2D eigenvalue weighted by molar-refractivity contribution is 5.95. The summed E-state index contributed by atoms with van der Waals surface area (Å²) >= 11 is 0. The predicted molar refractivity (Wildman–Crippen MR) is 109 cm³/mol. The molecule has 1 unspecified atom stereocenters. The second-order valence-corrected chi connectivity index (χ2v) is 8.79. The zero-order chi connectivity index (χ0) is 19.6. The summed E-state index contributed by atoms with van der Waals surface area (Å²) in [7, 11) is 0. The lowest BCUT2D eigenvalue weighted by atomic mass is 9.77. The Hall–Kier alpha value is -2.06. The molecule has 146 valence electrons. The first-order valence-corrected chi connectivity index (χ1v) is 10.1. The molecule has 5 nitrogen and oxygen atoms in total. The van der Waals surface area contributed by atoms with Gasteiger partial charge in [0.15, 0.2) is 0 Å². The van der Waals surface area contributed by atoms with E-state index in [-0.39, 0.29) is 17.4 Å². The van der Waals surface area contributed by atoms with E-state index in [1.165, 1.54) is 5.69 Å². The summed E-state index contributed by atoms with van der Waals surface area (Å²) in [5.41, 5.74) is 1.70. The van der Waals surface area contributed by atoms with Crippen molar-refractivity contribution in [3.8, 4) is 6.07 Å². The third-order valence-electron chi connectivity index (χ3n) is 6.18. The van der Waals surface area contributed by atoms with Crippen molar-refractivity contribution < 1.29 is 4.79 Å². The van der Waals surface area contributed by atoms with E-state index in [0.717, 1.165) is 39.0 Å². The van der Waals surface area contributed by atoms with E-state index >= 15 is 0 Å². The van der Waals surface area contributed by atoms with Crippen molar-refractivity contribution in [3.63, 3.8) is 0 Å². The lowest BCUT2D eigenvalue weighted by molar-refractivity contribution is 0.0438. The highest BCUT2D eigenvalue weighted by Gasteiger charge is 2.40. The zero-order valence-electron chi connectivity index (χ0n) is 17.1. The van der Waals surface area contributed by atoms with Crippen molar-refractivity contribution in [1.29, 1.82) is 5.26 Å². The van der Waals surface area contributed by atoms with Gasteiger partial charge in [0.05, 0.1) is 6.07 Å². The number of benzene rings is 1. The second-order valence-electron chi connectivity index (χ2n) is 8.79. The molecule has 0 spiro atoms. The molecule has 2 heterocycles. The molecule has 2 aliphatic rings. The standard InChI is InChI=1S/C22H32N4O/c1-17(2)24-12-14-25(15-13-24)19-8-6-18(7-9-19)21(27)26-11-5-10-22(3,4)20(26)16-23/h6-9,17,20H,5,10-15H2,1-4H3. The van der Waals surface area contributed by atoms with Gasteiger partial charge in [-0.3, -0.25) is 9.69 Å². The molecule has 1 atom stereocenters. The molecular formula is C22H32N4O. The number of carbonyl (C=O) groups excluding carboxylic acids is 1. The number of piperazine rings is 1. The van der Waals surface area contributed by atoms with Crippen LogP contribution < -0.4 is 4.90 Å². The smallest absolute Gasteiger partial charge is 0.254 e. The van der Waals surface area contributed by atoms with E-state index in [9.17, 15) is 10.1 Å². The van der Waals surface area contributed by atoms with Crippen molar-refractivity contribution in [2.75, 3.05) is 37.6 Å². The molecule has 3 rings (SSSR count). The zero-order valence-corrected chi connectivity index (χ0v) is 17.1. The Balaban J connectivity index is 1.68. The topological polar surface area (TPSA) is 50.6 Å². The summed E-state index contributed by atoms with van der Waals surface area (Å²) in [4.78, 5) is 19.7. The molecule has 5 heteroatoms. The van der Waals surface area contributed by atoms with Crippen LogP contribution in [0.25, 0.3) is 0 Å². The maximum absolute atomic E-state index is 13.0. The van der Waals surface area contributed by atoms with Crippen LogP contribution in [0.15, 0.2) is 24.3 Å². The number of nitriles is 1. The molecule has 1 aromatic rings. The second kappa shape index (κ2) is 7.90. The van der Waals surface area contributed by atoms with E-state index in [2.05, 4.69) is 55.7 Å². The van der Waals surface area contributed by atoms with E-state index < -0.39 is 0 Å². The fraction of sp³-hybridized carbons (Fsp3) is 0.636. The number of hydrogen-bond donors (Lipinski definition) is 0. The van der Waals surface area contributed by atoms with Gasteiger partial charge in [0.1, 0.15) is 6.04 Å². The Morgan fingerprint density at radius 3 is 2.30 bits per heavy atom. The van der Waals surface area contributed by atoms with Crippen LogP contribution in [0.3, 0.4) is 0 Å². The minimum Gasteiger partial charge on any atom is -0.369 e.